The number of carbonyl (C=O) groups excluding carboxylic acids is 1. The average Bonchev–Trinajstić information content (AvgIpc) is 2.35. The Kier molecular flexibility index (Phi) is 4.24. The minimum Gasteiger partial charge on any atom is -0.290 e. The van der Waals surface area contributed by atoms with Gasteiger partial charge in [-0.05, 0) is 0 Å². The number of hydrazine groups is 2. The third-order valence-corrected chi connectivity index (χ3v) is 1.77. The third kappa shape index (κ3) is 2.93. The zero-order valence-corrected chi connectivity index (χ0v) is 8.64. The summed E-state index contributed by atoms with van der Waals surface area (Å²) in [6, 6.07) is 0. The monoisotopic (exact) mass is 224 g/mol. The van der Waals surface area contributed by atoms with Gasteiger partial charge in [-0.15, -0.1) is 0 Å². The highest BCUT2D eigenvalue weighted by Gasteiger charge is 2.06. The Morgan fingerprint density at radius 3 is 2.69 bits per heavy atom. The zero-order chi connectivity index (χ0) is 12.0. The molecule has 0 spiro atoms. The van der Waals surface area contributed by atoms with E-state index < -0.39 is 5.91 Å². The molecule has 0 aromatic carbocycles. The van der Waals surface area contributed by atoms with Gasteiger partial charge in [-0.25, -0.2) is 26.4 Å². The first-order valence-electron chi connectivity index (χ1n) is 4.35. The molecule has 9 nitrogen and oxygen atoms in total. The molecule has 1 heterocycles. The fourth-order valence-electron chi connectivity index (χ4n) is 0.935. The summed E-state index contributed by atoms with van der Waals surface area (Å²) in [4.78, 5) is 18.9. The van der Waals surface area contributed by atoms with E-state index in [0.29, 0.717) is 5.82 Å². The first kappa shape index (κ1) is 11.9. The van der Waals surface area contributed by atoms with Crippen molar-refractivity contribution in [3.8, 4) is 0 Å². The molecule has 0 bridgehead atoms. The molecule has 1 aromatic heterocycles. The van der Waals surface area contributed by atoms with Crippen LogP contribution in [-0.4, -0.2) is 28.0 Å². The Bertz CT molecular complexity index is 363. The first-order valence-corrected chi connectivity index (χ1v) is 4.35. The highest BCUT2D eigenvalue weighted by molar-refractivity contribution is 5.93. The number of nitrogens with one attached hydrogen (secondary N) is 3. The zero-order valence-electron chi connectivity index (χ0n) is 8.64. The van der Waals surface area contributed by atoms with Crippen molar-refractivity contribution in [1.29, 1.82) is 5.53 Å². The Morgan fingerprint density at radius 1 is 1.62 bits per heavy atom. The normalized spacial score (nSPS) is 9.62. The maximum Gasteiger partial charge on any atom is 0.268 e. The van der Waals surface area contributed by atoms with E-state index in [0.717, 1.165) is 0 Å². The van der Waals surface area contributed by atoms with Crippen LogP contribution >= 0.6 is 0 Å². The predicted octanol–water partition coefficient (Wildman–Crippen LogP) is -1.04. The van der Waals surface area contributed by atoms with Crippen LogP contribution in [0.4, 0.5) is 0 Å². The van der Waals surface area contributed by atoms with Gasteiger partial charge in [0.2, 0.25) is 0 Å². The number of nitrogens with two attached hydrogens (primary N) is 1. The summed E-state index contributed by atoms with van der Waals surface area (Å²) in [5.41, 5.74) is 11.7. The SMILES string of the molecule is CNN(Cc1ncc(C(=O)NN)cn1)N=N. The number of hydrogen-bond acceptors (Lipinski definition) is 7. The number of nitrogens with zero attached hydrogens (tertiary/aromatic N) is 4. The molecule has 0 atom stereocenters. The van der Waals surface area contributed by atoms with Crippen molar-refractivity contribution in [2.24, 2.45) is 11.1 Å². The van der Waals surface area contributed by atoms with Gasteiger partial charge in [-0.3, -0.25) is 10.2 Å². The fourth-order valence-corrected chi connectivity index (χ4v) is 0.935. The molecular weight excluding hydrogens is 212 g/mol. The molecule has 5 N–H and O–H groups in total. The predicted molar refractivity (Wildman–Crippen MR) is 53.4 cm³/mol. The summed E-state index contributed by atoms with van der Waals surface area (Å²) >= 11 is 0. The molecule has 16 heavy (non-hydrogen) atoms. The molecule has 0 unspecified atom stereocenters. The summed E-state index contributed by atoms with van der Waals surface area (Å²) in [7, 11) is 1.62. The molecule has 0 aliphatic carbocycles. The molecule has 0 fully saturated rings. The number of carbonyl (C=O) groups is 1. The highest BCUT2D eigenvalue weighted by Crippen LogP contribution is 1.98. The van der Waals surface area contributed by atoms with E-state index in [1.165, 1.54) is 17.5 Å². The summed E-state index contributed by atoms with van der Waals surface area (Å²) in [6.07, 6.45) is 2.70. The molecule has 86 valence electrons. The van der Waals surface area contributed by atoms with Gasteiger partial charge in [0, 0.05) is 19.4 Å². The van der Waals surface area contributed by atoms with Crippen molar-refractivity contribution in [2.45, 2.75) is 6.54 Å². The molecule has 1 rings (SSSR count). The van der Waals surface area contributed by atoms with Gasteiger partial charge in [0.1, 0.15) is 6.54 Å². The fraction of sp³-hybridized carbons (Fsp3) is 0.286. The minimum absolute atomic E-state index is 0.227. The van der Waals surface area contributed by atoms with Crippen LogP contribution in [-0.2, 0) is 6.54 Å². The van der Waals surface area contributed by atoms with Crippen LogP contribution in [0, 0.1) is 5.53 Å². The lowest BCUT2D eigenvalue weighted by Gasteiger charge is -2.13. The van der Waals surface area contributed by atoms with E-state index in [1.54, 1.807) is 7.05 Å². The standard InChI is InChI=1S/C7H12N8O/c1-10-15(14-9)4-6-11-2-5(3-12-6)7(16)13-8/h2-3,9-10H,4,8H2,1H3,(H,13,16). The molecule has 0 saturated heterocycles. The van der Waals surface area contributed by atoms with Crippen LogP contribution in [0.3, 0.4) is 0 Å². The van der Waals surface area contributed by atoms with Gasteiger partial charge in [0.05, 0.1) is 5.56 Å². The van der Waals surface area contributed by atoms with Crippen molar-refractivity contribution in [3.63, 3.8) is 0 Å². The second-order valence-electron chi connectivity index (χ2n) is 2.74. The van der Waals surface area contributed by atoms with Crippen molar-refractivity contribution in [3.05, 3.63) is 23.8 Å². The topological polar surface area (TPSA) is 132 Å². The van der Waals surface area contributed by atoms with Crippen molar-refractivity contribution in [2.75, 3.05) is 7.05 Å². The van der Waals surface area contributed by atoms with E-state index in [2.05, 4.69) is 20.6 Å². The van der Waals surface area contributed by atoms with Crippen LogP contribution in [0.5, 0.6) is 0 Å². The summed E-state index contributed by atoms with van der Waals surface area (Å²) < 4.78 is 0. The van der Waals surface area contributed by atoms with E-state index in [9.17, 15) is 4.79 Å². The maximum absolute atomic E-state index is 11.1. The highest BCUT2D eigenvalue weighted by atomic mass is 16.2. The Labute approximate surface area is 91.5 Å². The Hall–Kier alpha value is -2.13. The van der Waals surface area contributed by atoms with Crippen LogP contribution in [0.25, 0.3) is 0 Å². The van der Waals surface area contributed by atoms with Gasteiger partial charge >= 0.3 is 0 Å². The Balaban J connectivity index is 2.71. The minimum atomic E-state index is -0.456. The second-order valence-corrected chi connectivity index (χ2v) is 2.74. The average molecular weight is 224 g/mol. The van der Waals surface area contributed by atoms with Gasteiger partial charge in [0.15, 0.2) is 5.82 Å². The lowest BCUT2D eigenvalue weighted by Crippen LogP contribution is -2.31. The molecule has 0 aliphatic heterocycles. The molecule has 0 aliphatic rings. The van der Waals surface area contributed by atoms with E-state index in [4.69, 9.17) is 11.4 Å². The number of nitrogen functional groups attached to an aromatic ring is 1. The largest absolute Gasteiger partial charge is 0.290 e. The molecule has 1 amide bonds. The maximum atomic E-state index is 11.1. The lowest BCUT2D eigenvalue weighted by atomic mass is 10.3. The number of hydrogen-bond donors (Lipinski definition) is 4. The smallest absolute Gasteiger partial charge is 0.268 e. The molecule has 0 saturated carbocycles. The van der Waals surface area contributed by atoms with E-state index in [1.807, 2.05) is 5.43 Å². The van der Waals surface area contributed by atoms with Crippen LogP contribution in [0.15, 0.2) is 17.6 Å². The summed E-state index contributed by atoms with van der Waals surface area (Å²) in [5, 5.41) is 4.40. The number of amides is 1. The Morgan fingerprint density at radius 2 is 2.25 bits per heavy atom. The summed E-state index contributed by atoms with van der Waals surface area (Å²) in [6.45, 7) is 0.227. The van der Waals surface area contributed by atoms with Gasteiger partial charge in [-0.2, -0.15) is 5.53 Å². The summed E-state index contributed by atoms with van der Waals surface area (Å²) in [5.74, 6) is 4.93. The molecule has 9 heteroatoms. The van der Waals surface area contributed by atoms with E-state index >= 15 is 0 Å². The van der Waals surface area contributed by atoms with Crippen LogP contribution < -0.4 is 16.7 Å². The second kappa shape index (κ2) is 5.68. The number of aromatic nitrogens is 2. The van der Waals surface area contributed by atoms with Gasteiger partial charge in [0.25, 0.3) is 5.91 Å². The van der Waals surface area contributed by atoms with Gasteiger partial charge < -0.3 is 0 Å². The number of rotatable bonds is 5. The van der Waals surface area contributed by atoms with Crippen LogP contribution in [0.2, 0.25) is 0 Å². The third-order valence-electron chi connectivity index (χ3n) is 1.77. The first-order chi connectivity index (χ1) is 7.71. The molecular formula is C7H12N8O. The van der Waals surface area contributed by atoms with Crippen molar-refractivity contribution >= 4 is 5.91 Å². The quantitative estimate of drug-likeness (QED) is 0.218. The lowest BCUT2D eigenvalue weighted by molar-refractivity contribution is 0.0952. The molecule has 0 radical (unpaired) electrons. The van der Waals surface area contributed by atoms with Crippen molar-refractivity contribution < 1.29 is 4.79 Å². The molecule has 1 aromatic rings. The van der Waals surface area contributed by atoms with Gasteiger partial charge in [-0.1, -0.05) is 5.22 Å². The van der Waals surface area contributed by atoms with E-state index in [-0.39, 0.29) is 12.1 Å². The van der Waals surface area contributed by atoms with Crippen molar-refractivity contribution in [1.82, 2.24) is 25.9 Å². The van der Waals surface area contributed by atoms with Crippen LogP contribution in [0.1, 0.15) is 16.2 Å².